The molecule has 0 amide bonds. The monoisotopic (exact) mass is 460 g/mol. The molecule has 2 aliphatic rings. The number of aliphatic hydroxyl groups is 1. The van der Waals surface area contributed by atoms with Gasteiger partial charge in [0.1, 0.15) is 5.02 Å². The van der Waals surface area contributed by atoms with E-state index in [0.29, 0.717) is 35.3 Å². The topological polar surface area (TPSA) is 79.7 Å². The van der Waals surface area contributed by atoms with Crippen LogP contribution in [0.3, 0.4) is 0 Å². The smallest absolute Gasteiger partial charge is 0.237 e. The fraction of sp³-hybridized carbons (Fsp3) is 0.583. The van der Waals surface area contributed by atoms with Crippen LogP contribution >= 0.6 is 11.6 Å². The molecule has 0 bridgehead atoms. The minimum atomic E-state index is -0.608. The van der Waals surface area contributed by atoms with Crippen LogP contribution in [0.25, 0.3) is 0 Å². The number of halogens is 1. The molecule has 32 heavy (non-hydrogen) atoms. The molecule has 7 nitrogen and oxygen atoms in total. The van der Waals surface area contributed by atoms with Gasteiger partial charge in [0.2, 0.25) is 11.8 Å². The van der Waals surface area contributed by atoms with Crippen molar-refractivity contribution in [2.45, 2.75) is 45.1 Å². The Morgan fingerprint density at radius 3 is 2.50 bits per heavy atom. The third-order valence-electron chi connectivity index (χ3n) is 6.51. The average molecular weight is 461 g/mol. The summed E-state index contributed by atoms with van der Waals surface area (Å²) in [6.45, 7) is 7.73. The van der Waals surface area contributed by atoms with Crippen LogP contribution in [0.15, 0.2) is 30.5 Å². The molecule has 1 aromatic carbocycles. The summed E-state index contributed by atoms with van der Waals surface area (Å²) >= 11 is 6.28. The summed E-state index contributed by atoms with van der Waals surface area (Å²) < 4.78 is 11.4. The predicted molar refractivity (Wildman–Crippen MR) is 127 cm³/mol. The largest absolute Gasteiger partial charge is 0.476 e. The van der Waals surface area contributed by atoms with E-state index in [4.69, 9.17) is 21.1 Å². The highest BCUT2D eigenvalue weighted by molar-refractivity contribution is 6.31. The highest BCUT2D eigenvalue weighted by Gasteiger charge is 2.31. The van der Waals surface area contributed by atoms with E-state index in [2.05, 4.69) is 32.3 Å². The van der Waals surface area contributed by atoms with Gasteiger partial charge in [-0.1, -0.05) is 11.6 Å². The zero-order valence-electron chi connectivity index (χ0n) is 18.9. The van der Waals surface area contributed by atoms with Crippen LogP contribution in [-0.4, -0.2) is 53.6 Å². The summed E-state index contributed by atoms with van der Waals surface area (Å²) in [4.78, 5) is 11.1. The Morgan fingerprint density at radius 2 is 1.84 bits per heavy atom. The molecule has 1 aliphatic carbocycles. The van der Waals surface area contributed by atoms with Crippen molar-refractivity contribution >= 4 is 28.9 Å². The maximum absolute atomic E-state index is 10.2. The first-order valence-corrected chi connectivity index (χ1v) is 11.8. The Labute approximate surface area is 195 Å². The standard InChI is InChI=1S/C24H33ClN4O3/c1-24(2,30)18-5-3-17(4-6-18)16-32-22-21(25)15-26-23(28-22)27-19-7-9-20(10-8-19)29-11-13-31-14-12-29/h7-10,15,17-18,30H,3-6,11-14,16H2,1-2H3,(H,26,27,28)/t17-,18-. The van der Waals surface area contributed by atoms with E-state index in [0.717, 1.165) is 57.7 Å². The summed E-state index contributed by atoms with van der Waals surface area (Å²) in [5.74, 6) is 1.66. The number of ether oxygens (including phenoxy) is 2. The van der Waals surface area contributed by atoms with Crippen LogP contribution in [0.4, 0.5) is 17.3 Å². The van der Waals surface area contributed by atoms with Crippen molar-refractivity contribution in [1.29, 1.82) is 0 Å². The number of rotatable bonds is 7. The fourth-order valence-electron chi connectivity index (χ4n) is 4.45. The summed E-state index contributed by atoms with van der Waals surface area (Å²) in [6.07, 6.45) is 5.68. The van der Waals surface area contributed by atoms with Gasteiger partial charge in [-0.2, -0.15) is 4.98 Å². The predicted octanol–water partition coefficient (Wildman–Crippen LogP) is 4.67. The molecule has 1 saturated heterocycles. The number of morpholine rings is 1. The third kappa shape index (κ3) is 6.03. The second-order valence-corrected chi connectivity index (χ2v) is 9.71. The van der Waals surface area contributed by atoms with Gasteiger partial charge in [-0.15, -0.1) is 0 Å². The molecule has 0 radical (unpaired) electrons. The van der Waals surface area contributed by atoms with Crippen LogP contribution < -0.4 is 15.0 Å². The molecule has 4 rings (SSSR count). The lowest BCUT2D eigenvalue weighted by Gasteiger charge is -2.35. The molecule has 1 saturated carbocycles. The maximum Gasteiger partial charge on any atom is 0.237 e. The van der Waals surface area contributed by atoms with Gasteiger partial charge in [0.25, 0.3) is 0 Å². The van der Waals surface area contributed by atoms with Crippen LogP contribution in [0.5, 0.6) is 5.88 Å². The van der Waals surface area contributed by atoms with Gasteiger partial charge in [0.05, 0.1) is 31.6 Å². The summed E-state index contributed by atoms with van der Waals surface area (Å²) in [5.41, 5.74) is 1.47. The number of hydrogen-bond acceptors (Lipinski definition) is 7. The molecule has 174 valence electrons. The Bertz CT molecular complexity index is 874. The Kier molecular flexibility index (Phi) is 7.38. The van der Waals surface area contributed by atoms with Crippen molar-refractivity contribution < 1.29 is 14.6 Å². The molecule has 2 N–H and O–H groups in total. The molecule has 2 heterocycles. The van der Waals surface area contributed by atoms with Crippen molar-refractivity contribution in [2.24, 2.45) is 11.8 Å². The lowest BCUT2D eigenvalue weighted by molar-refractivity contribution is -0.00911. The molecule has 0 atom stereocenters. The normalized spacial score (nSPS) is 21.9. The quantitative estimate of drug-likeness (QED) is 0.621. The lowest BCUT2D eigenvalue weighted by atomic mass is 9.75. The van der Waals surface area contributed by atoms with Crippen LogP contribution in [0.2, 0.25) is 5.02 Å². The average Bonchev–Trinajstić information content (AvgIpc) is 2.80. The van der Waals surface area contributed by atoms with Gasteiger partial charge in [0.15, 0.2) is 0 Å². The highest BCUT2D eigenvalue weighted by Crippen LogP contribution is 2.36. The van der Waals surface area contributed by atoms with E-state index in [-0.39, 0.29) is 0 Å². The van der Waals surface area contributed by atoms with Crippen LogP contribution in [0, 0.1) is 11.8 Å². The first-order valence-electron chi connectivity index (χ1n) is 11.5. The van der Waals surface area contributed by atoms with Crippen molar-refractivity contribution in [3.05, 3.63) is 35.5 Å². The fourth-order valence-corrected chi connectivity index (χ4v) is 4.60. The first kappa shape index (κ1) is 23.1. The first-order chi connectivity index (χ1) is 15.4. The maximum atomic E-state index is 10.2. The summed E-state index contributed by atoms with van der Waals surface area (Å²) in [7, 11) is 0. The van der Waals surface area contributed by atoms with Crippen molar-refractivity contribution in [3.63, 3.8) is 0 Å². The van der Waals surface area contributed by atoms with E-state index in [1.807, 2.05) is 26.0 Å². The number of aromatic nitrogens is 2. The SMILES string of the molecule is CC(C)(O)[C@H]1CC[C@H](COc2nc(Nc3ccc(N4CCOCC4)cc3)ncc2Cl)CC1. The van der Waals surface area contributed by atoms with E-state index < -0.39 is 5.60 Å². The molecule has 0 spiro atoms. The Morgan fingerprint density at radius 1 is 1.16 bits per heavy atom. The van der Waals surface area contributed by atoms with E-state index in [9.17, 15) is 5.11 Å². The zero-order chi connectivity index (χ0) is 22.6. The van der Waals surface area contributed by atoms with E-state index >= 15 is 0 Å². The van der Waals surface area contributed by atoms with Gasteiger partial charge in [-0.3, -0.25) is 0 Å². The second kappa shape index (κ2) is 10.2. The molecular weight excluding hydrogens is 428 g/mol. The van der Waals surface area contributed by atoms with E-state index in [1.165, 1.54) is 5.69 Å². The molecule has 1 aliphatic heterocycles. The molecule has 0 unspecified atom stereocenters. The second-order valence-electron chi connectivity index (χ2n) is 9.30. The third-order valence-corrected chi connectivity index (χ3v) is 6.77. The zero-order valence-corrected chi connectivity index (χ0v) is 19.6. The Balaban J connectivity index is 1.32. The Hall–Kier alpha value is -2.09. The van der Waals surface area contributed by atoms with Gasteiger partial charge in [0, 0.05) is 24.5 Å². The highest BCUT2D eigenvalue weighted by atomic mass is 35.5. The van der Waals surface area contributed by atoms with Crippen molar-refractivity contribution in [3.8, 4) is 5.88 Å². The molecule has 2 aromatic rings. The van der Waals surface area contributed by atoms with Gasteiger partial charge < -0.3 is 24.8 Å². The lowest BCUT2D eigenvalue weighted by Crippen LogP contribution is -2.36. The molecular formula is C24H33ClN4O3. The number of anilines is 3. The summed E-state index contributed by atoms with van der Waals surface area (Å²) in [5, 5.41) is 13.9. The van der Waals surface area contributed by atoms with Crippen molar-refractivity contribution in [2.75, 3.05) is 43.1 Å². The molecule has 8 heteroatoms. The molecule has 2 fully saturated rings. The van der Waals surface area contributed by atoms with Crippen LogP contribution in [0.1, 0.15) is 39.5 Å². The van der Waals surface area contributed by atoms with Gasteiger partial charge in [-0.05, 0) is 75.6 Å². The number of benzene rings is 1. The number of hydrogen-bond donors (Lipinski definition) is 2. The number of nitrogens with one attached hydrogen (secondary N) is 1. The minimum absolute atomic E-state index is 0.354. The van der Waals surface area contributed by atoms with Gasteiger partial charge in [-0.25, -0.2) is 4.98 Å². The number of nitrogens with zero attached hydrogens (tertiary/aromatic N) is 3. The van der Waals surface area contributed by atoms with Gasteiger partial charge >= 0.3 is 0 Å². The molecule has 1 aromatic heterocycles. The summed E-state index contributed by atoms with van der Waals surface area (Å²) in [6, 6.07) is 8.21. The van der Waals surface area contributed by atoms with Crippen molar-refractivity contribution in [1.82, 2.24) is 9.97 Å². The van der Waals surface area contributed by atoms with E-state index in [1.54, 1.807) is 6.20 Å². The minimum Gasteiger partial charge on any atom is -0.476 e. The van der Waals surface area contributed by atoms with Crippen LogP contribution in [-0.2, 0) is 4.74 Å².